The smallest absolute Gasteiger partial charge is 0.331 e. The number of likely N-dealkylation sites (N-methyl/N-ethyl adjacent to an activating group) is 2. The molecule has 1 aromatic heterocycles. The fraction of sp³-hybridized carbons (Fsp3) is 0.446. The second kappa shape index (κ2) is 28.8. The van der Waals surface area contributed by atoms with Gasteiger partial charge in [0.05, 0.1) is 30.7 Å². The molecule has 20 heteroatoms. The van der Waals surface area contributed by atoms with Gasteiger partial charge in [0.2, 0.25) is 35.4 Å². The maximum Gasteiger partial charge on any atom is 0.331 e. The van der Waals surface area contributed by atoms with Crippen LogP contribution in [0.2, 0.25) is 0 Å². The summed E-state index contributed by atoms with van der Waals surface area (Å²) in [5, 5.41) is 35.6. The second-order valence-corrected chi connectivity index (χ2v) is 24.2. The zero-order valence-electron chi connectivity index (χ0n) is 51.2. The molecule has 6 amide bonds. The van der Waals surface area contributed by atoms with E-state index in [4.69, 9.17) is 4.74 Å². The summed E-state index contributed by atoms with van der Waals surface area (Å²) in [5.74, 6) is -4.20. The first-order valence-electron chi connectivity index (χ1n) is 28.9. The zero-order chi connectivity index (χ0) is 62.5. The van der Waals surface area contributed by atoms with Gasteiger partial charge in [-0.05, 0) is 91.4 Å². The average Bonchev–Trinajstić information content (AvgIpc) is 2.27. The zero-order valence-corrected chi connectivity index (χ0v) is 51.2. The number of carboxylic acids is 1. The number of rotatable bonds is 25. The molecular formula is C65H84N10O10. The number of carbonyl (C=O) groups is 8. The van der Waals surface area contributed by atoms with Crippen LogP contribution in [0.3, 0.4) is 0 Å². The van der Waals surface area contributed by atoms with Crippen LogP contribution in [0, 0.1) is 17.3 Å². The lowest BCUT2D eigenvalue weighted by molar-refractivity contribution is -0.144. The maximum atomic E-state index is 14.2. The Labute approximate surface area is 498 Å². The lowest BCUT2D eigenvalue weighted by Gasteiger charge is -2.40. The number of hydrogen-bond donors (Lipinski definition) is 7. The Kier molecular flexibility index (Phi) is 22.3. The SMILES string of the molecule is CN[C@H](C(=O)N[C@H](C(=O)N(C)[C@H](/C=C(\C)C(=O)O)C(C)C)C(C)(C)C)C(C)(C)c1cccc(CC(=O)OCc2ccc(NC(=O)[C@H](C)NC(=O)[C@@H](NC(=O)CCCCC(=O)N3Cc4ccccc4-c4n[nH]nc4-c4ccccc43)C(C)C)cc2)c1. The molecule has 0 bridgehead atoms. The third-order valence-electron chi connectivity index (χ3n) is 15.5. The van der Waals surface area contributed by atoms with Gasteiger partial charge in [-0.2, -0.15) is 15.4 Å². The van der Waals surface area contributed by atoms with Gasteiger partial charge in [0.1, 0.15) is 36.1 Å². The van der Waals surface area contributed by atoms with Crippen molar-refractivity contribution in [3.05, 3.63) is 131 Å². The Hall–Kier alpha value is -8.52. The monoisotopic (exact) mass is 1160 g/mol. The first-order chi connectivity index (χ1) is 40.1. The van der Waals surface area contributed by atoms with Crippen LogP contribution in [0.25, 0.3) is 22.5 Å². The summed E-state index contributed by atoms with van der Waals surface area (Å²) in [5.41, 5.74) is 5.79. The minimum atomic E-state index is -1.08. The van der Waals surface area contributed by atoms with E-state index in [0.29, 0.717) is 41.9 Å². The van der Waals surface area contributed by atoms with Gasteiger partial charge < -0.3 is 46.2 Å². The van der Waals surface area contributed by atoms with Crippen molar-refractivity contribution < 1.29 is 48.2 Å². The van der Waals surface area contributed by atoms with Gasteiger partial charge in [-0.15, -0.1) is 0 Å². The summed E-state index contributed by atoms with van der Waals surface area (Å²) in [4.78, 5) is 110. The fourth-order valence-corrected chi connectivity index (χ4v) is 10.4. The second-order valence-electron chi connectivity index (χ2n) is 24.2. The fourth-order valence-electron chi connectivity index (χ4n) is 10.4. The number of nitrogens with one attached hydrogen (secondary N) is 6. The molecule has 0 fully saturated rings. The molecule has 2 heterocycles. The lowest BCUT2D eigenvalue weighted by Crippen LogP contribution is -2.61. The normalized spacial score (nSPS) is 14.2. The van der Waals surface area contributed by atoms with Gasteiger partial charge in [-0.1, -0.05) is 147 Å². The Bertz CT molecular complexity index is 3250. The number of nitrogens with zero attached hydrogens (tertiary/aromatic N) is 4. The van der Waals surface area contributed by atoms with Crippen LogP contribution in [0.15, 0.2) is 109 Å². The predicted octanol–water partition coefficient (Wildman–Crippen LogP) is 8.03. The van der Waals surface area contributed by atoms with Crippen molar-refractivity contribution in [2.24, 2.45) is 17.3 Å². The summed E-state index contributed by atoms with van der Waals surface area (Å²) < 4.78 is 5.64. The van der Waals surface area contributed by atoms with Crippen molar-refractivity contribution in [3.63, 3.8) is 0 Å². The number of para-hydroxylation sites is 1. The summed E-state index contributed by atoms with van der Waals surface area (Å²) >= 11 is 0. The first kappa shape index (κ1) is 65.6. The van der Waals surface area contributed by atoms with Crippen LogP contribution < -0.4 is 31.5 Å². The highest BCUT2D eigenvalue weighted by Gasteiger charge is 2.42. The predicted molar refractivity (Wildman–Crippen MR) is 326 cm³/mol. The van der Waals surface area contributed by atoms with Gasteiger partial charge in [-0.25, -0.2) is 4.79 Å². The number of fused-ring (bicyclic) bond motifs is 5. The van der Waals surface area contributed by atoms with E-state index in [2.05, 4.69) is 42.0 Å². The molecule has 0 unspecified atom stereocenters. The van der Waals surface area contributed by atoms with Gasteiger partial charge in [-0.3, -0.25) is 33.6 Å². The van der Waals surface area contributed by atoms with E-state index in [1.165, 1.54) is 11.8 Å². The quantitative estimate of drug-likeness (QED) is 0.0166. The van der Waals surface area contributed by atoms with Crippen LogP contribution >= 0.6 is 0 Å². The molecule has 1 aliphatic heterocycles. The summed E-state index contributed by atoms with van der Waals surface area (Å²) in [6, 6.07) is 25.2. The number of benzene rings is 4. The third-order valence-corrected chi connectivity index (χ3v) is 15.5. The maximum absolute atomic E-state index is 14.2. The Balaban J connectivity index is 0.954. The van der Waals surface area contributed by atoms with Crippen LogP contribution in [-0.2, 0) is 68.1 Å². The number of amides is 6. The van der Waals surface area contributed by atoms with Gasteiger partial charge >= 0.3 is 11.9 Å². The Morgan fingerprint density at radius 3 is 2.00 bits per heavy atom. The number of anilines is 2. The van der Waals surface area contributed by atoms with Crippen molar-refractivity contribution in [1.82, 2.24) is 41.6 Å². The first-order valence-corrected chi connectivity index (χ1v) is 28.9. The number of carbonyl (C=O) groups excluding carboxylic acids is 7. The number of aromatic amines is 1. The minimum absolute atomic E-state index is 0.0431. The van der Waals surface area contributed by atoms with E-state index < -0.39 is 70.7 Å². The Morgan fingerprint density at radius 1 is 0.729 bits per heavy atom. The molecule has 0 spiro atoms. The molecule has 454 valence electrons. The molecule has 6 rings (SSSR count). The molecule has 0 aliphatic carbocycles. The van der Waals surface area contributed by atoms with E-state index in [1.807, 2.05) is 115 Å². The van der Waals surface area contributed by atoms with E-state index in [0.717, 1.165) is 33.6 Å². The van der Waals surface area contributed by atoms with E-state index in [1.54, 1.807) is 76.2 Å². The largest absolute Gasteiger partial charge is 0.478 e. The molecule has 7 N–H and O–H groups in total. The van der Waals surface area contributed by atoms with Crippen LogP contribution in [0.5, 0.6) is 0 Å². The highest BCUT2D eigenvalue weighted by Crippen LogP contribution is 2.40. The molecule has 20 nitrogen and oxygen atoms in total. The molecule has 85 heavy (non-hydrogen) atoms. The summed E-state index contributed by atoms with van der Waals surface area (Å²) in [7, 11) is 3.28. The number of unbranched alkanes of at least 4 members (excludes halogenated alkanes) is 1. The van der Waals surface area contributed by atoms with E-state index >= 15 is 0 Å². The van der Waals surface area contributed by atoms with Crippen molar-refractivity contribution in [2.75, 3.05) is 24.3 Å². The van der Waals surface area contributed by atoms with Gasteiger partial charge in [0.25, 0.3) is 0 Å². The summed E-state index contributed by atoms with van der Waals surface area (Å²) in [6.07, 6.45) is 2.63. The van der Waals surface area contributed by atoms with E-state index in [-0.39, 0.29) is 61.0 Å². The highest BCUT2D eigenvalue weighted by molar-refractivity contribution is 6.01. The molecule has 4 aromatic carbocycles. The third kappa shape index (κ3) is 16.9. The van der Waals surface area contributed by atoms with Crippen molar-refractivity contribution >= 4 is 58.8 Å². The standard InChI is InChI=1S/C65H84N10O10/c1-38(2)50(33-40(5)63(83)84)74(13)62(82)58(64(7,8)9)70-61(81)57(66-12)65(10,11)45-23-20-21-43(34-45)35-53(78)85-37-42-29-31-46(32-30-42)68-59(79)41(6)67-60(80)54(39(3)4)69-51(76)27-18-19-28-52(77)75-36-44-22-14-15-24-47(44)55-56(72-73-71-55)48-25-16-17-26-49(48)75/h14-17,20-26,29-34,38-39,41,50,54,57-58,66H,18-19,27-28,35-37H2,1-13H3,(H,67,80)(H,68,79)(H,69,76)(H,70,81)(H,83,84)(H,71,72,73)/b40-33+/t41-,50+,54-,57+,58+/m0/s1. The molecule has 5 aromatic rings. The lowest BCUT2D eigenvalue weighted by atomic mass is 9.76. The number of carboxylic acid groups (broad SMARTS) is 1. The molecule has 0 radical (unpaired) electrons. The minimum Gasteiger partial charge on any atom is -0.478 e. The highest BCUT2D eigenvalue weighted by atomic mass is 16.5. The number of ether oxygens (including phenoxy) is 1. The van der Waals surface area contributed by atoms with Gasteiger partial charge in [0.15, 0.2) is 0 Å². The van der Waals surface area contributed by atoms with Crippen molar-refractivity contribution in [3.8, 4) is 22.5 Å². The number of hydrogen-bond acceptors (Lipinski definition) is 12. The topological polar surface area (TPSA) is 274 Å². The van der Waals surface area contributed by atoms with Crippen LogP contribution in [0.4, 0.5) is 11.4 Å². The number of aliphatic carboxylic acids is 1. The number of esters is 1. The summed E-state index contributed by atoms with van der Waals surface area (Å²) in [6.45, 7) is 20.1. The molecule has 0 saturated heterocycles. The Morgan fingerprint density at radius 2 is 1.36 bits per heavy atom. The van der Waals surface area contributed by atoms with Crippen LogP contribution in [0.1, 0.15) is 124 Å². The molecular weight excluding hydrogens is 1080 g/mol. The molecule has 5 atom stereocenters. The number of H-pyrrole nitrogens is 1. The van der Waals surface area contributed by atoms with Crippen molar-refractivity contribution in [2.45, 2.75) is 157 Å². The van der Waals surface area contributed by atoms with Crippen LogP contribution in [-0.4, -0.2) is 117 Å². The average molecular weight is 1170 g/mol. The van der Waals surface area contributed by atoms with E-state index in [9.17, 15) is 43.5 Å². The van der Waals surface area contributed by atoms with Gasteiger partial charge in [0, 0.05) is 47.7 Å². The molecule has 0 saturated carbocycles. The van der Waals surface area contributed by atoms with Crippen molar-refractivity contribution in [1.29, 1.82) is 0 Å². The molecule has 1 aliphatic rings. The number of aromatic nitrogens is 3.